The highest BCUT2D eigenvalue weighted by Gasteiger charge is 2.23. The number of carbonyl (C=O) groups excluding carboxylic acids is 1. The van der Waals surface area contributed by atoms with Crippen molar-refractivity contribution in [2.75, 3.05) is 0 Å². The average Bonchev–Trinajstić information content (AvgIpc) is 2.91. The minimum Gasteiger partial charge on any atom is -0.488 e. The van der Waals surface area contributed by atoms with Crippen LogP contribution >= 0.6 is 35.6 Å². The maximum atomic E-state index is 11.9. The predicted octanol–water partition coefficient (Wildman–Crippen LogP) is 4.32. The molecule has 0 atom stereocenters. The molecule has 1 aliphatic rings. The van der Waals surface area contributed by atoms with Gasteiger partial charge in [-0.05, 0) is 29.8 Å². The predicted molar refractivity (Wildman–Crippen MR) is 105 cm³/mol. The lowest BCUT2D eigenvalue weighted by atomic mass is 10.1. The van der Waals surface area contributed by atoms with Crippen LogP contribution in [0.2, 0.25) is 5.02 Å². The van der Waals surface area contributed by atoms with Gasteiger partial charge in [-0.2, -0.15) is 0 Å². The Balaban J connectivity index is 1.91. The summed E-state index contributed by atoms with van der Waals surface area (Å²) in [6.07, 6.45) is 1.53. The molecule has 0 unspecified atom stereocenters. The van der Waals surface area contributed by atoms with Crippen molar-refractivity contribution in [1.82, 2.24) is 5.32 Å². The molecule has 1 saturated heterocycles. The third-order valence-corrected chi connectivity index (χ3v) is 4.81. The summed E-state index contributed by atoms with van der Waals surface area (Å²) in [4.78, 5) is 22.8. The van der Waals surface area contributed by atoms with Crippen molar-refractivity contribution in [3.63, 3.8) is 0 Å². The lowest BCUT2D eigenvalue weighted by molar-refractivity contribution is -0.384. The van der Waals surface area contributed by atoms with Gasteiger partial charge in [0.1, 0.15) is 16.7 Å². The minimum atomic E-state index is -0.505. The van der Waals surface area contributed by atoms with Crippen LogP contribution in [0.4, 0.5) is 5.69 Å². The van der Waals surface area contributed by atoms with E-state index in [1.807, 2.05) is 6.07 Å². The van der Waals surface area contributed by atoms with Gasteiger partial charge in [-0.1, -0.05) is 47.7 Å². The Hall–Kier alpha value is -2.42. The molecular weight excluding hydrogens is 396 g/mol. The van der Waals surface area contributed by atoms with Crippen LogP contribution < -0.4 is 10.1 Å². The van der Waals surface area contributed by atoms with Crippen molar-refractivity contribution in [2.24, 2.45) is 0 Å². The Morgan fingerprint density at radius 2 is 2.12 bits per heavy atom. The molecule has 1 aliphatic heterocycles. The number of thiocarbonyl (C=S) groups is 1. The minimum absolute atomic E-state index is 0.0991. The standard InChI is InChI=1S/C17H11ClN2O4S2/c18-12-3-1-2-10(6-12)9-24-14-5-4-13(20(22)23)7-11(14)8-15-16(21)19-17(25)26-15/h1-8H,9H2,(H,19,21,25)/b15-8+. The number of nitro benzene ring substituents is 1. The number of nitrogens with one attached hydrogen (secondary N) is 1. The zero-order chi connectivity index (χ0) is 18.7. The highest BCUT2D eigenvalue weighted by molar-refractivity contribution is 8.26. The molecule has 0 spiro atoms. The van der Waals surface area contributed by atoms with Crippen molar-refractivity contribution >= 4 is 57.6 Å². The van der Waals surface area contributed by atoms with Crippen molar-refractivity contribution < 1.29 is 14.5 Å². The van der Waals surface area contributed by atoms with Gasteiger partial charge in [0, 0.05) is 22.7 Å². The quantitative estimate of drug-likeness (QED) is 0.345. The number of nitro groups is 1. The maximum Gasteiger partial charge on any atom is 0.270 e. The first-order chi connectivity index (χ1) is 12.4. The zero-order valence-electron chi connectivity index (χ0n) is 13.1. The molecule has 1 N–H and O–H groups in total. The van der Waals surface area contributed by atoms with Crippen LogP contribution in [0.25, 0.3) is 6.08 Å². The van der Waals surface area contributed by atoms with Gasteiger partial charge in [0.15, 0.2) is 0 Å². The van der Waals surface area contributed by atoms with Gasteiger partial charge in [-0.15, -0.1) is 0 Å². The molecule has 26 heavy (non-hydrogen) atoms. The molecule has 1 fully saturated rings. The number of nitrogens with zero attached hydrogens (tertiary/aromatic N) is 1. The lowest BCUT2D eigenvalue weighted by Gasteiger charge is -2.10. The highest BCUT2D eigenvalue weighted by atomic mass is 35.5. The van der Waals surface area contributed by atoms with Gasteiger partial charge in [-0.25, -0.2) is 0 Å². The van der Waals surface area contributed by atoms with E-state index in [0.717, 1.165) is 17.3 Å². The van der Waals surface area contributed by atoms with Crippen molar-refractivity contribution in [3.8, 4) is 5.75 Å². The number of benzene rings is 2. The Bertz CT molecular complexity index is 946. The van der Waals surface area contributed by atoms with Crippen molar-refractivity contribution in [2.45, 2.75) is 6.61 Å². The highest BCUT2D eigenvalue weighted by Crippen LogP contribution is 2.32. The van der Waals surface area contributed by atoms with E-state index in [-0.39, 0.29) is 18.2 Å². The smallest absolute Gasteiger partial charge is 0.270 e. The van der Waals surface area contributed by atoms with Gasteiger partial charge in [-0.3, -0.25) is 14.9 Å². The normalized spacial score (nSPS) is 15.2. The van der Waals surface area contributed by atoms with Crippen LogP contribution in [0.15, 0.2) is 47.4 Å². The van der Waals surface area contributed by atoms with E-state index in [1.165, 1.54) is 24.3 Å². The number of thioether (sulfide) groups is 1. The van der Waals surface area contributed by atoms with Gasteiger partial charge >= 0.3 is 0 Å². The summed E-state index contributed by atoms with van der Waals surface area (Å²) in [6.45, 7) is 0.228. The molecule has 132 valence electrons. The molecule has 9 heteroatoms. The van der Waals surface area contributed by atoms with Crippen molar-refractivity contribution in [3.05, 3.63) is 73.6 Å². The molecule has 1 amide bonds. The van der Waals surface area contributed by atoms with Crippen LogP contribution in [-0.2, 0) is 11.4 Å². The van der Waals surface area contributed by atoms with Gasteiger partial charge in [0.05, 0.1) is 9.83 Å². The summed E-state index contributed by atoms with van der Waals surface area (Å²) < 4.78 is 6.13. The molecule has 0 aromatic heterocycles. The molecule has 0 radical (unpaired) electrons. The SMILES string of the molecule is O=C1NC(=S)S/C1=C/c1cc([N+](=O)[O-])ccc1OCc1cccc(Cl)c1. The van der Waals surface area contributed by atoms with Crippen LogP contribution in [0.1, 0.15) is 11.1 Å². The molecule has 0 aliphatic carbocycles. The number of rotatable bonds is 5. The van der Waals surface area contributed by atoms with Crippen LogP contribution in [0, 0.1) is 10.1 Å². The van der Waals surface area contributed by atoms with E-state index in [2.05, 4.69) is 5.32 Å². The Labute approximate surface area is 163 Å². The number of hydrogen-bond donors (Lipinski definition) is 1. The molecule has 3 rings (SSSR count). The topological polar surface area (TPSA) is 81.5 Å². The van der Waals surface area contributed by atoms with E-state index < -0.39 is 4.92 Å². The summed E-state index contributed by atoms with van der Waals surface area (Å²) in [5.74, 6) is 0.0709. The van der Waals surface area contributed by atoms with E-state index in [1.54, 1.807) is 18.2 Å². The number of amides is 1. The van der Waals surface area contributed by atoms with Gasteiger partial charge in [0.2, 0.25) is 0 Å². The first kappa shape index (κ1) is 18.4. The second-order valence-electron chi connectivity index (χ2n) is 5.25. The summed E-state index contributed by atoms with van der Waals surface area (Å²) in [6, 6.07) is 11.4. The Kier molecular flexibility index (Phi) is 5.55. The number of hydrogen-bond acceptors (Lipinski definition) is 6. The molecule has 1 heterocycles. The lowest BCUT2D eigenvalue weighted by Crippen LogP contribution is -2.17. The molecule has 0 bridgehead atoms. The van der Waals surface area contributed by atoms with Gasteiger partial charge in [0.25, 0.3) is 11.6 Å². The maximum absolute atomic E-state index is 11.9. The van der Waals surface area contributed by atoms with Crippen molar-refractivity contribution in [1.29, 1.82) is 0 Å². The van der Waals surface area contributed by atoms with Crippen LogP contribution in [0.3, 0.4) is 0 Å². The molecule has 6 nitrogen and oxygen atoms in total. The first-order valence-electron chi connectivity index (χ1n) is 7.33. The van der Waals surface area contributed by atoms with E-state index in [0.29, 0.717) is 25.6 Å². The number of halogens is 1. The second kappa shape index (κ2) is 7.86. The van der Waals surface area contributed by atoms with E-state index in [9.17, 15) is 14.9 Å². The third kappa shape index (κ3) is 4.40. The second-order valence-corrected chi connectivity index (χ2v) is 7.41. The fraction of sp³-hybridized carbons (Fsp3) is 0.0588. The monoisotopic (exact) mass is 406 g/mol. The summed E-state index contributed by atoms with van der Waals surface area (Å²) in [5.41, 5.74) is 1.17. The van der Waals surface area contributed by atoms with Crippen LogP contribution in [0.5, 0.6) is 5.75 Å². The fourth-order valence-electron chi connectivity index (χ4n) is 2.24. The van der Waals surface area contributed by atoms with E-state index >= 15 is 0 Å². The Morgan fingerprint density at radius 1 is 1.31 bits per heavy atom. The molecule has 2 aromatic carbocycles. The molecule has 2 aromatic rings. The third-order valence-electron chi connectivity index (χ3n) is 3.42. The largest absolute Gasteiger partial charge is 0.488 e. The zero-order valence-corrected chi connectivity index (χ0v) is 15.5. The number of carbonyl (C=O) groups is 1. The first-order valence-corrected chi connectivity index (χ1v) is 8.93. The molecule has 0 saturated carbocycles. The van der Waals surface area contributed by atoms with E-state index in [4.69, 9.17) is 28.6 Å². The number of ether oxygens (including phenoxy) is 1. The van der Waals surface area contributed by atoms with Gasteiger partial charge < -0.3 is 10.1 Å². The summed E-state index contributed by atoms with van der Waals surface area (Å²) in [7, 11) is 0. The summed E-state index contributed by atoms with van der Waals surface area (Å²) in [5, 5.41) is 14.2. The van der Waals surface area contributed by atoms with Crippen LogP contribution in [-0.4, -0.2) is 15.2 Å². The summed E-state index contributed by atoms with van der Waals surface area (Å²) >= 11 is 12.0. The average molecular weight is 407 g/mol. The Morgan fingerprint density at radius 3 is 2.77 bits per heavy atom. The fourth-order valence-corrected chi connectivity index (χ4v) is 3.49. The molecular formula is C17H11ClN2O4S2. The number of non-ortho nitro benzene ring substituents is 1.